The van der Waals surface area contributed by atoms with Crippen molar-refractivity contribution in [3.8, 4) is 5.75 Å². The van der Waals surface area contributed by atoms with E-state index in [1.807, 2.05) is 60.8 Å². The van der Waals surface area contributed by atoms with Crippen LogP contribution in [-0.2, 0) is 11.3 Å². The maximum absolute atomic E-state index is 13.3. The number of carbonyl (C=O) groups excluding carboxylic acids is 1. The molecule has 0 unspecified atom stereocenters. The highest BCUT2D eigenvalue weighted by molar-refractivity contribution is 8.27. The van der Waals surface area contributed by atoms with Crippen molar-refractivity contribution in [2.75, 3.05) is 11.5 Å². The van der Waals surface area contributed by atoms with Gasteiger partial charge in [-0.3, -0.25) is 9.69 Å². The third-order valence-electron chi connectivity index (χ3n) is 5.33. The third-order valence-corrected chi connectivity index (χ3v) is 6.63. The lowest BCUT2D eigenvalue weighted by atomic mass is 10.1. The molecule has 1 aliphatic heterocycles. The summed E-state index contributed by atoms with van der Waals surface area (Å²) >= 11 is 6.69. The predicted octanol–water partition coefficient (Wildman–Crippen LogP) is 6.27. The maximum atomic E-state index is 13.3. The molecule has 0 N–H and O–H groups in total. The van der Waals surface area contributed by atoms with Crippen molar-refractivity contribution >= 4 is 56.9 Å². The second-order valence-corrected chi connectivity index (χ2v) is 9.13. The zero-order chi connectivity index (χ0) is 22.8. The van der Waals surface area contributed by atoms with Gasteiger partial charge in [0.15, 0.2) is 4.32 Å². The molecule has 0 spiro atoms. The van der Waals surface area contributed by atoms with Gasteiger partial charge in [0.25, 0.3) is 5.91 Å². The van der Waals surface area contributed by atoms with Gasteiger partial charge in [0.05, 0.1) is 17.1 Å². The fourth-order valence-corrected chi connectivity index (χ4v) is 5.07. The average Bonchev–Trinajstić information content (AvgIpc) is 3.32. The molecular weight excluding hydrogens is 455 g/mol. The number of ether oxygens (including phenoxy) is 1. The number of fused-ring (bicyclic) bond motifs is 1. The van der Waals surface area contributed by atoms with E-state index in [2.05, 4.69) is 10.6 Å². The standard InChI is InChI=1S/C26H19FN2O2S2/c27-19-10-12-20(13-11-19)29-25(30)24(33-26(29)32)16-18-17-28(23-9-5-4-8-22(18)23)14-15-31-21-6-2-1-3-7-21/h1-13,16-17H,14-15H2. The summed E-state index contributed by atoms with van der Waals surface area (Å²) in [7, 11) is 0. The number of para-hydroxylation sites is 2. The van der Waals surface area contributed by atoms with Crippen LogP contribution in [0.2, 0.25) is 0 Å². The van der Waals surface area contributed by atoms with Crippen LogP contribution in [0.3, 0.4) is 0 Å². The Balaban J connectivity index is 1.41. The first-order valence-electron chi connectivity index (χ1n) is 10.4. The number of nitrogens with zero attached hydrogens (tertiary/aromatic N) is 2. The number of amides is 1. The molecule has 164 valence electrons. The fourth-order valence-electron chi connectivity index (χ4n) is 3.78. The Morgan fingerprint density at radius 3 is 2.48 bits per heavy atom. The summed E-state index contributed by atoms with van der Waals surface area (Å²) in [5.41, 5.74) is 2.56. The van der Waals surface area contributed by atoms with Gasteiger partial charge in [0, 0.05) is 22.7 Å². The zero-order valence-electron chi connectivity index (χ0n) is 17.5. The van der Waals surface area contributed by atoms with E-state index in [0.29, 0.717) is 28.1 Å². The van der Waals surface area contributed by atoms with E-state index < -0.39 is 0 Å². The smallest absolute Gasteiger partial charge is 0.270 e. The molecule has 1 saturated heterocycles. The van der Waals surface area contributed by atoms with Gasteiger partial charge in [0.1, 0.15) is 18.2 Å². The number of hydrogen-bond acceptors (Lipinski definition) is 4. The Kier molecular flexibility index (Phi) is 5.98. The molecule has 7 heteroatoms. The van der Waals surface area contributed by atoms with E-state index in [1.54, 1.807) is 12.1 Å². The third kappa shape index (κ3) is 4.42. The van der Waals surface area contributed by atoms with Gasteiger partial charge in [0.2, 0.25) is 0 Å². The largest absolute Gasteiger partial charge is 0.492 e. The average molecular weight is 475 g/mol. The second-order valence-electron chi connectivity index (χ2n) is 7.45. The van der Waals surface area contributed by atoms with Crippen molar-refractivity contribution in [3.05, 3.63) is 101 Å². The number of aromatic nitrogens is 1. The summed E-state index contributed by atoms with van der Waals surface area (Å²) in [5, 5.41) is 1.05. The molecule has 0 aliphatic carbocycles. The second kappa shape index (κ2) is 9.21. The summed E-state index contributed by atoms with van der Waals surface area (Å²) in [6.07, 6.45) is 3.91. The minimum absolute atomic E-state index is 0.208. The number of thiocarbonyl (C=S) groups is 1. The molecule has 0 bridgehead atoms. The molecule has 1 fully saturated rings. The van der Waals surface area contributed by atoms with E-state index in [-0.39, 0.29) is 11.7 Å². The lowest BCUT2D eigenvalue weighted by Gasteiger charge is -2.14. The van der Waals surface area contributed by atoms with Crippen LogP contribution in [0.4, 0.5) is 10.1 Å². The molecular formula is C26H19FN2O2S2. The minimum atomic E-state index is -0.358. The molecule has 3 aromatic carbocycles. The molecule has 1 aliphatic rings. The van der Waals surface area contributed by atoms with Crippen LogP contribution in [0, 0.1) is 5.82 Å². The molecule has 4 aromatic rings. The van der Waals surface area contributed by atoms with E-state index in [4.69, 9.17) is 17.0 Å². The molecule has 1 amide bonds. The fraction of sp³-hybridized carbons (Fsp3) is 0.0769. The van der Waals surface area contributed by atoms with Crippen molar-refractivity contribution < 1.29 is 13.9 Å². The predicted molar refractivity (Wildman–Crippen MR) is 136 cm³/mol. The van der Waals surface area contributed by atoms with Gasteiger partial charge in [-0.15, -0.1) is 0 Å². The molecule has 0 atom stereocenters. The highest BCUT2D eigenvalue weighted by Crippen LogP contribution is 2.37. The van der Waals surface area contributed by atoms with E-state index in [0.717, 1.165) is 22.2 Å². The summed E-state index contributed by atoms with van der Waals surface area (Å²) in [6.45, 7) is 1.19. The Morgan fingerprint density at radius 2 is 1.70 bits per heavy atom. The number of anilines is 1. The van der Waals surface area contributed by atoms with Crippen LogP contribution >= 0.6 is 24.0 Å². The summed E-state index contributed by atoms with van der Waals surface area (Å²) in [4.78, 5) is 15.1. The lowest BCUT2D eigenvalue weighted by Crippen LogP contribution is -2.27. The quantitative estimate of drug-likeness (QED) is 0.244. The van der Waals surface area contributed by atoms with Gasteiger partial charge in [-0.1, -0.05) is 60.4 Å². The van der Waals surface area contributed by atoms with Gasteiger partial charge in [-0.05, 0) is 48.5 Å². The normalized spacial score (nSPS) is 15.1. The number of benzene rings is 3. The molecule has 2 heterocycles. The monoisotopic (exact) mass is 474 g/mol. The maximum Gasteiger partial charge on any atom is 0.270 e. The molecule has 33 heavy (non-hydrogen) atoms. The number of halogens is 1. The summed E-state index contributed by atoms with van der Waals surface area (Å²) < 4.78 is 21.7. The molecule has 4 nitrogen and oxygen atoms in total. The van der Waals surface area contributed by atoms with Crippen molar-refractivity contribution in [2.24, 2.45) is 0 Å². The topological polar surface area (TPSA) is 34.5 Å². The van der Waals surface area contributed by atoms with E-state index >= 15 is 0 Å². The minimum Gasteiger partial charge on any atom is -0.492 e. The number of rotatable bonds is 6. The van der Waals surface area contributed by atoms with Crippen molar-refractivity contribution in [3.63, 3.8) is 0 Å². The van der Waals surface area contributed by atoms with Gasteiger partial charge in [-0.2, -0.15) is 0 Å². The van der Waals surface area contributed by atoms with Crippen LogP contribution in [0.25, 0.3) is 17.0 Å². The Labute approximate surface area is 200 Å². The Hall–Kier alpha value is -3.42. The Bertz CT molecular complexity index is 1360. The Morgan fingerprint density at radius 1 is 0.970 bits per heavy atom. The number of hydrogen-bond donors (Lipinski definition) is 0. The van der Waals surface area contributed by atoms with Crippen LogP contribution in [0.5, 0.6) is 5.75 Å². The summed E-state index contributed by atoms with van der Waals surface area (Å²) in [6, 6.07) is 23.5. The molecule has 1 aromatic heterocycles. The molecule has 0 radical (unpaired) electrons. The molecule has 0 saturated carbocycles. The van der Waals surface area contributed by atoms with Crippen LogP contribution in [0.15, 0.2) is 90.0 Å². The highest BCUT2D eigenvalue weighted by atomic mass is 32.2. The first-order chi connectivity index (χ1) is 16.1. The van der Waals surface area contributed by atoms with E-state index in [9.17, 15) is 9.18 Å². The van der Waals surface area contributed by atoms with Crippen molar-refractivity contribution in [1.82, 2.24) is 4.57 Å². The van der Waals surface area contributed by atoms with Crippen LogP contribution < -0.4 is 9.64 Å². The van der Waals surface area contributed by atoms with Crippen LogP contribution in [-0.4, -0.2) is 21.4 Å². The number of thioether (sulfide) groups is 1. The first-order valence-corrected chi connectivity index (χ1v) is 11.6. The van der Waals surface area contributed by atoms with E-state index in [1.165, 1.54) is 28.8 Å². The van der Waals surface area contributed by atoms with Crippen molar-refractivity contribution in [2.45, 2.75) is 6.54 Å². The van der Waals surface area contributed by atoms with Gasteiger partial charge in [-0.25, -0.2) is 4.39 Å². The van der Waals surface area contributed by atoms with Crippen molar-refractivity contribution in [1.29, 1.82) is 0 Å². The summed E-state index contributed by atoms with van der Waals surface area (Å²) in [5.74, 6) is 0.267. The van der Waals surface area contributed by atoms with Gasteiger partial charge >= 0.3 is 0 Å². The zero-order valence-corrected chi connectivity index (χ0v) is 19.1. The van der Waals surface area contributed by atoms with Gasteiger partial charge < -0.3 is 9.30 Å². The SMILES string of the molecule is O=C1C(=Cc2cn(CCOc3ccccc3)c3ccccc23)SC(=S)N1c1ccc(F)cc1. The lowest BCUT2D eigenvalue weighted by molar-refractivity contribution is -0.113. The highest BCUT2D eigenvalue weighted by Gasteiger charge is 2.33. The first kappa shape index (κ1) is 21.4. The molecule has 5 rings (SSSR count). The van der Waals surface area contributed by atoms with Crippen LogP contribution in [0.1, 0.15) is 5.56 Å². The number of carbonyl (C=O) groups is 1.